The van der Waals surface area contributed by atoms with Crippen molar-refractivity contribution in [2.75, 3.05) is 39.5 Å². The summed E-state index contributed by atoms with van der Waals surface area (Å²) in [7, 11) is 0. The van der Waals surface area contributed by atoms with Crippen LogP contribution in [0.3, 0.4) is 0 Å². The minimum absolute atomic E-state index is 0.423. The van der Waals surface area contributed by atoms with Crippen LogP contribution in [0.15, 0.2) is 0 Å². The molecule has 1 saturated heterocycles. The Morgan fingerprint density at radius 1 is 0.957 bits per heavy atom. The summed E-state index contributed by atoms with van der Waals surface area (Å²) in [6.45, 7) is 19.7. The fourth-order valence-corrected chi connectivity index (χ4v) is 3.02. The van der Waals surface area contributed by atoms with Gasteiger partial charge in [-0.15, -0.1) is 0 Å². The van der Waals surface area contributed by atoms with E-state index < -0.39 is 0 Å². The highest BCUT2D eigenvalue weighted by Crippen LogP contribution is 2.23. The van der Waals surface area contributed by atoms with E-state index in [0.717, 1.165) is 39.5 Å². The van der Waals surface area contributed by atoms with Gasteiger partial charge in [-0.25, -0.2) is 0 Å². The molecule has 0 aromatic carbocycles. The molecule has 0 saturated carbocycles. The lowest BCUT2D eigenvalue weighted by molar-refractivity contribution is -0.0411. The van der Waals surface area contributed by atoms with Gasteiger partial charge in [0.1, 0.15) is 0 Å². The van der Waals surface area contributed by atoms with E-state index >= 15 is 0 Å². The first-order chi connectivity index (χ1) is 10.7. The Balaban J connectivity index is 2.06. The van der Waals surface area contributed by atoms with Crippen LogP contribution in [0.4, 0.5) is 0 Å². The number of morpholine rings is 1. The van der Waals surface area contributed by atoms with Gasteiger partial charge in [-0.1, -0.05) is 48.0 Å². The summed E-state index contributed by atoms with van der Waals surface area (Å²) >= 11 is 0. The van der Waals surface area contributed by atoms with Gasteiger partial charge in [-0.3, -0.25) is 4.90 Å². The Bertz CT molecular complexity index is 304. The molecule has 138 valence electrons. The zero-order chi connectivity index (χ0) is 17.3. The average molecular weight is 328 g/mol. The quantitative estimate of drug-likeness (QED) is 0.571. The van der Waals surface area contributed by atoms with E-state index in [2.05, 4.69) is 46.4 Å². The molecule has 3 nitrogen and oxygen atoms in total. The van der Waals surface area contributed by atoms with Gasteiger partial charge in [-0.2, -0.15) is 0 Å². The smallest absolute Gasteiger partial charge is 0.0702 e. The van der Waals surface area contributed by atoms with E-state index in [1.165, 1.54) is 32.1 Å². The van der Waals surface area contributed by atoms with Gasteiger partial charge in [-0.05, 0) is 36.5 Å². The summed E-state index contributed by atoms with van der Waals surface area (Å²) in [5.41, 5.74) is 0.864. The summed E-state index contributed by atoms with van der Waals surface area (Å²) in [4.78, 5) is 2.51. The van der Waals surface area contributed by atoms with Crippen molar-refractivity contribution in [2.45, 2.75) is 79.8 Å². The highest BCUT2D eigenvalue weighted by atomic mass is 16.5. The van der Waals surface area contributed by atoms with E-state index in [1.807, 2.05) is 0 Å². The Morgan fingerprint density at radius 2 is 1.61 bits per heavy atom. The van der Waals surface area contributed by atoms with E-state index in [-0.39, 0.29) is 0 Å². The van der Waals surface area contributed by atoms with E-state index in [9.17, 15) is 0 Å². The fourth-order valence-electron chi connectivity index (χ4n) is 3.02. The monoisotopic (exact) mass is 327 g/mol. The first kappa shape index (κ1) is 20.9. The van der Waals surface area contributed by atoms with Crippen molar-refractivity contribution in [3.63, 3.8) is 0 Å². The molecule has 0 aromatic rings. The number of rotatable bonds is 9. The molecule has 1 heterocycles. The SMILES string of the molecule is CC(C)(C)CCCOCCN1CCO[C@H](CCCC(C)(C)C)C1. The lowest BCUT2D eigenvalue weighted by Crippen LogP contribution is -2.43. The van der Waals surface area contributed by atoms with Crippen LogP contribution in [-0.4, -0.2) is 50.5 Å². The molecule has 0 aliphatic carbocycles. The van der Waals surface area contributed by atoms with E-state index in [0.29, 0.717) is 16.9 Å². The molecular weight excluding hydrogens is 286 g/mol. The van der Waals surface area contributed by atoms with Crippen molar-refractivity contribution in [1.29, 1.82) is 0 Å². The zero-order valence-electron chi connectivity index (χ0n) is 16.6. The molecule has 0 aromatic heterocycles. The lowest BCUT2D eigenvalue weighted by Gasteiger charge is -2.33. The van der Waals surface area contributed by atoms with Crippen molar-refractivity contribution in [1.82, 2.24) is 4.90 Å². The Kier molecular flexibility index (Phi) is 9.10. The third kappa shape index (κ3) is 12.0. The van der Waals surface area contributed by atoms with Crippen LogP contribution >= 0.6 is 0 Å². The van der Waals surface area contributed by atoms with Crippen molar-refractivity contribution < 1.29 is 9.47 Å². The van der Waals surface area contributed by atoms with E-state index in [1.54, 1.807) is 0 Å². The minimum Gasteiger partial charge on any atom is -0.380 e. The predicted octanol–water partition coefficient (Wildman–Crippen LogP) is 4.75. The molecule has 1 atom stereocenters. The van der Waals surface area contributed by atoms with Crippen LogP contribution in [0, 0.1) is 10.8 Å². The first-order valence-electron chi connectivity index (χ1n) is 9.57. The van der Waals surface area contributed by atoms with Crippen molar-refractivity contribution >= 4 is 0 Å². The molecule has 0 unspecified atom stereocenters. The summed E-state index contributed by atoms with van der Waals surface area (Å²) < 4.78 is 11.7. The van der Waals surface area contributed by atoms with Gasteiger partial charge in [0.2, 0.25) is 0 Å². The van der Waals surface area contributed by atoms with Gasteiger partial charge in [0.15, 0.2) is 0 Å². The van der Waals surface area contributed by atoms with Crippen LogP contribution < -0.4 is 0 Å². The molecule has 23 heavy (non-hydrogen) atoms. The van der Waals surface area contributed by atoms with E-state index in [4.69, 9.17) is 9.47 Å². The molecule has 0 N–H and O–H groups in total. The maximum atomic E-state index is 5.92. The summed E-state index contributed by atoms with van der Waals surface area (Å²) in [6.07, 6.45) is 6.57. The second-order valence-electron chi connectivity index (χ2n) is 9.52. The molecule has 1 rings (SSSR count). The van der Waals surface area contributed by atoms with Crippen LogP contribution in [-0.2, 0) is 9.47 Å². The minimum atomic E-state index is 0.423. The summed E-state index contributed by atoms with van der Waals surface area (Å²) in [5.74, 6) is 0. The Hall–Kier alpha value is -0.120. The van der Waals surface area contributed by atoms with Crippen molar-refractivity contribution in [3.05, 3.63) is 0 Å². The standard InChI is InChI=1S/C20H41NO2/c1-19(2,3)10-7-9-18-17-21(13-16-23-18)12-15-22-14-8-11-20(4,5)6/h18H,7-17H2,1-6H3/t18-/m1/s1. The van der Waals surface area contributed by atoms with Crippen LogP contribution in [0.5, 0.6) is 0 Å². The molecule has 0 spiro atoms. The molecule has 1 aliphatic heterocycles. The molecule has 0 radical (unpaired) electrons. The number of nitrogens with zero attached hydrogens (tertiary/aromatic N) is 1. The Labute approximate surface area is 145 Å². The lowest BCUT2D eigenvalue weighted by atomic mass is 9.89. The van der Waals surface area contributed by atoms with Crippen molar-refractivity contribution in [3.8, 4) is 0 Å². The summed E-state index contributed by atoms with van der Waals surface area (Å²) in [6, 6.07) is 0. The zero-order valence-corrected chi connectivity index (χ0v) is 16.6. The third-order valence-electron chi connectivity index (χ3n) is 4.44. The molecular formula is C20H41NO2. The third-order valence-corrected chi connectivity index (χ3v) is 4.44. The molecule has 3 heteroatoms. The Morgan fingerprint density at radius 3 is 2.26 bits per heavy atom. The molecule has 0 bridgehead atoms. The normalized spacial score (nSPS) is 20.9. The summed E-state index contributed by atoms with van der Waals surface area (Å²) in [5, 5.41) is 0. The highest BCUT2D eigenvalue weighted by Gasteiger charge is 2.21. The maximum absolute atomic E-state index is 5.92. The average Bonchev–Trinajstić information content (AvgIpc) is 2.40. The maximum Gasteiger partial charge on any atom is 0.0702 e. The van der Waals surface area contributed by atoms with Gasteiger partial charge in [0.05, 0.1) is 19.3 Å². The second kappa shape index (κ2) is 10.0. The van der Waals surface area contributed by atoms with Gasteiger partial charge >= 0.3 is 0 Å². The van der Waals surface area contributed by atoms with Crippen LogP contribution in [0.25, 0.3) is 0 Å². The number of ether oxygens (including phenoxy) is 2. The second-order valence-corrected chi connectivity index (χ2v) is 9.52. The number of hydrogen-bond donors (Lipinski definition) is 0. The fraction of sp³-hybridized carbons (Fsp3) is 1.00. The highest BCUT2D eigenvalue weighted by molar-refractivity contribution is 4.73. The topological polar surface area (TPSA) is 21.7 Å². The predicted molar refractivity (Wildman–Crippen MR) is 99.0 cm³/mol. The van der Waals surface area contributed by atoms with Crippen molar-refractivity contribution in [2.24, 2.45) is 10.8 Å². The largest absolute Gasteiger partial charge is 0.380 e. The molecule has 0 amide bonds. The molecule has 1 fully saturated rings. The number of hydrogen-bond acceptors (Lipinski definition) is 3. The van der Waals surface area contributed by atoms with Gasteiger partial charge in [0, 0.05) is 26.2 Å². The van der Waals surface area contributed by atoms with Crippen LogP contribution in [0.2, 0.25) is 0 Å². The molecule has 1 aliphatic rings. The van der Waals surface area contributed by atoms with Crippen LogP contribution in [0.1, 0.15) is 73.6 Å². The first-order valence-corrected chi connectivity index (χ1v) is 9.57. The van der Waals surface area contributed by atoms with Gasteiger partial charge in [0.25, 0.3) is 0 Å². The van der Waals surface area contributed by atoms with Gasteiger partial charge < -0.3 is 9.47 Å².